The highest BCUT2D eigenvalue weighted by Crippen LogP contribution is 2.05. The Labute approximate surface area is 113 Å². The maximum absolute atomic E-state index is 11.8. The van der Waals surface area contributed by atoms with Crippen LogP contribution in [0.2, 0.25) is 0 Å². The highest BCUT2D eigenvalue weighted by molar-refractivity contribution is 5.75. The zero-order valence-corrected chi connectivity index (χ0v) is 11.6. The van der Waals surface area contributed by atoms with Gasteiger partial charge in [0.15, 0.2) is 0 Å². The lowest BCUT2D eigenvalue weighted by atomic mass is 10.1. The van der Waals surface area contributed by atoms with Gasteiger partial charge in [0, 0.05) is 45.2 Å². The van der Waals surface area contributed by atoms with Gasteiger partial charge in [0.05, 0.1) is 6.20 Å². The van der Waals surface area contributed by atoms with Crippen LogP contribution < -0.4 is 5.32 Å². The van der Waals surface area contributed by atoms with Gasteiger partial charge in [-0.2, -0.15) is 5.10 Å². The molecule has 0 fully saturated rings. The van der Waals surface area contributed by atoms with Crippen molar-refractivity contribution in [2.45, 2.75) is 39.2 Å². The third-order valence-corrected chi connectivity index (χ3v) is 2.84. The van der Waals surface area contributed by atoms with Crippen LogP contribution in [-0.2, 0) is 16.1 Å². The molecule has 0 saturated heterocycles. The summed E-state index contributed by atoms with van der Waals surface area (Å²) in [6, 6.07) is 0. The number of nitrogens with zero attached hydrogens (tertiary/aromatic N) is 2. The fraction of sp³-hybridized carbons (Fsp3) is 0.615. The third-order valence-electron chi connectivity index (χ3n) is 2.84. The van der Waals surface area contributed by atoms with E-state index in [0.29, 0.717) is 19.5 Å². The summed E-state index contributed by atoms with van der Waals surface area (Å²) in [4.78, 5) is 24.2. The number of hydrogen-bond acceptors (Lipinski definition) is 3. The van der Waals surface area contributed by atoms with Crippen LogP contribution in [-0.4, -0.2) is 40.5 Å². The molecule has 19 heavy (non-hydrogen) atoms. The summed E-state index contributed by atoms with van der Waals surface area (Å²) >= 11 is 0. The molecule has 6 heteroatoms. The lowest BCUT2D eigenvalue weighted by Crippen LogP contribution is -2.25. The van der Waals surface area contributed by atoms with Gasteiger partial charge in [0.25, 0.3) is 0 Å². The fourth-order valence-corrected chi connectivity index (χ4v) is 1.76. The molecule has 6 nitrogen and oxygen atoms in total. The number of amides is 2. The Balaban J connectivity index is 2.08. The minimum absolute atomic E-state index is 0.00378. The number of carbonyl (C=O) groups is 2. The minimum Gasteiger partial charge on any atom is -0.356 e. The van der Waals surface area contributed by atoms with Gasteiger partial charge in [-0.25, -0.2) is 0 Å². The maximum atomic E-state index is 11.8. The zero-order valence-electron chi connectivity index (χ0n) is 11.6. The molecule has 0 bridgehead atoms. The Bertz CT molecular complexity index is 389. The fourth-order valence-electron chi connectivity index (χ4n) is 1.76. The van der Waals surface area contributed by atoms with E-state index in [1.807, 2.05) is 0 Å². The summed E-state index contributed by atoms with van der Waals surface area (Å²) in [5.41, 5.74) is 1.00. The molecule has 0 saturated carbocycles. The van der Waals surface area contributed by atoms with Crippen molar-refractivity contribution in [3.05, 3.63) is 18.0 Å². The highest BCUT2D eigenvalue weighted by Gasteiger charge is 2.09. The first-order valence-electron chi connectivity index (χ1n) is 6.55. The van der Waals surface area contributed by atoms with E-state index in [-0.39, 0.29) is 11.8 Å². The van der Waals surface area contributed by atoms with E-state index in [0.717, 1.165) is 24.8 Å². The molecule has 0 aliphatic heterocycles. The van der Waals surface area contributed by atoms with Gasteiger partial charge in [-0.05, 0) is 12.8 Å². The lowest BCUT2D eigenvalue weighted by molar-refractivity contribution is -0.130. The van der Waals surface area contributed by atoms with Crippen molar-refractivity contribution < 1.29 is 9.59 Å². The van der Waals surface area contributed by atoms with Crippen LogP contribution in [0.25, 0.3) is 0 Å². The molecule has 1 aromatic heterocycles. The van der Waals surface area contributed by atoms with Crippen LogP contribution in [0.5, 0.6) is 0 Å². The van der Waals surface area contributed by atoms with Crippen LogP contribution >= 0.6 is 0 Å². The molecular formula is C13H22N4O2. The second-order valence-electron chi connectivity index (χ2n) is 4.65. The van der Waals surface area contributed by atoms with Gasteiger partial charge >= 0.3 is 0 Å². The molecule has 0 radical (unpaired) electrons. The summed E-state index contributed by atoms with van der Waals surface area (Å²) < 4.78 is 0. The maximum Gasteiger partial charge on any atom is 0.222 e. The Morgan fingerprint density at radius 2 is 2.16 bits per heavy atom. The SMILES string of the molecule is CC(=O)NCCCCCC(=O)N(C)Cc1cn[nH]c1. The van der Waals surface area contributed by atoms with Crippen molar-refractivity contribution >= 4 is 11.8 Å². The molecule has 1 heterocycles. The number of rotatable bonds is 8. The number of aromatic nitrogens is 2. The Morgan fingerprint density at radius 1 is 1.37 bits per heavy atom. The van der Waals surface area contributed by atoms with Crippen molar-refractivity contribution in [1.29, 1.82) is 0 Å². The number of unbranched alkanes of at least 4 members (excludes halogenated alkanes) is 2. The Kier molecular flexibility index (Phi) is 6.63. The first-order chi connectivity index (χ1) is 9.09. The van der Waals surface area contributed by atoms with Crippen LogP contribution in [0.15, 0.2) is 12.4 Å². The smallest absolute Gasteiger partial charge is 0.222 e. The lowest BCUT2D eigenvalue weighted by Gasteiger charge is -2.16. The molecule has 2 amide bonds. The van der Waals surface area contributed by atoms with Crippen LogP contribution in [0.3, 0.4) is 0 Å². The largest absolute Gasteiger partial charge is 0.356 e. The predicted octanol–water partition coefficient (Wildman–Crippen LogP) is 1.06. The normalized spacial score (nSPS) is 10.2. The van der Waals surface area contributed by atoms with Crippen molar-refractivity contribution in [3.8, 4) is 0 Å². The van der Waals surface area contributed by atoms with Gasteiger partial charge in [-0.1, -0.05) is 6.42 Å². The molecule has 1 rings (SSSR count). The molecule has 106 valence electrons. The highest BCUT2D eigenvalue weighted by atomic mass is 16.2. The molecule has 1 aromatic rings. The van der Waals surface area contributed by atoms with Crippen LogP contribution in [0.1, 0.15) is 38.2 Å². The Hall–Kier alpha value is -1.85. The molecule has 0 spiro atoms. The van der Waals surface area contributed by atoms with Gasteiger partial charge < -0.3 is 10.2 Å². The average Bonchev–Trinajstić information content (AvgIpc) is 2.85. The van der Waals surface area contributed by atoms with Crippen molar-refractivity contribution in [2.24, 2.45) is 0 Å². The van der Waals surface area contributed by atoms with Gasteiger partial charge in [0.1, 0.15) is 0 Å². The number of nitrogens with one attached hydrogen (secondary N) is 2. The summed E-state index contributed by atoms with van der Waals surface area (Å²) in [5.74, 6) is 0.136. The van der Waals surface area contributed by atoms with Crippen molar-refractivity contribution in [1.82, 2.24) is 20.4 Å². The standard InChI is InChI=1S/C13H22N4O2/c1-11(18)14-7-5-3-4-6-13(19)17(2)10-12-8-15-16-9-12/h8-9H,3-7,10H2,1-2H3,(H,14,18)(H,15,16). The van der Waals surface area contributed by atoms with E-state index in [9.17, 15) is 9.59 Å². The predicted molar refractivity (Wildman–Crippen MR) is 72.2 cm³/mol. The van der Waals surface area contributed by atoms with Crippen molar-refractivity contribution in [2.75, 3.05) is 13.6 Å². The second-order valence-corrected chi connectivity index (χ2v) is 4.65. The topological polar surface area (TPSA) is 78.1 Å². The third kappa shape index (κ3) is 6.59. The van der Waals surface area contributed by atoms with E-state index in [1.165, 1.54) is 6.92 Å². The van der Waals surface area contributed by atoms with E-state index < -0.39 is 0 Å². The minimum atomic E-state index is -0.00378. The average molecular weight is 266 g/mol. The molecule has 0 aliphatic carbocycles. The van der Waals surface area contributed by atoms with Gasteiger partial charge in [0.2, 0.25) is 11.8 Å². The molecule has 0 aromatic carbocycles. The number of H-pyrrole nitrogens is 1. The molecule has 2 N–H and O–H groups in total. The second kappa shape index (κ2) is 8.29. The van der Waals surface area contributed by atoms with E-state index in [2.05, 4.69) is 15.5 Å². The molecular weight excluding hydrogens is 244 g/mol. The number of aromatic amines is 1. The van der Waals surface area contributed by atoms with Crippen LogP contribution in [0, 0.1) is 0 Å². The first-order valence-corrected chi connectivity index (χ1v) is 6.55. The van der Waals surface area contributed by atoms with E-state index >= 15 is 0 Å². The molecule has 0 unspecified atom stereocenters. The molecule has 0 aliphatic rings. The first kappa shape index (κ1) is 15.2. The van der Waals surface area contributed by atoms with Gasteiger partial charge in [-0.3, -0.25) is 14.7 Å². The Morgan fingerprint density at radius 3 is 2.79 bits per heavy atom. The van der Waals surface area contributed by atoms with Crippen LogP contribution in [0.4, 0.5) is 0 Å². The zero-order chi connectivity index (χ0) is 14.1. The number of hydrogen-bond donors (Lipinski definition) is 2. The summed E-state index contributed by atoms with van der Waals surface area (Å²) in [6.45, 7) is 2.78. The quantitative estimate of drug-likeness (QED) is 0.691. The monoisotopic (exact) mass is 266 g/mol. The number of carbonyl (C=O) groups excluding carboxylic acids is 2. The summed E-state index contributed by atoms with van der Waals surface area (Å²) in [5, 5.41) is 9.32. The van der Waals surface area contributed by atoms with Crippen molar-refractivity contribution in [3.63, 3.8) is 0 Å². The van der Waals surface area contributed by atoms with E-state index in [4.69, 9.17) is 0 Å². The van der Waals surface area contributed by atoms with E-state index in [1.54, 1.807) is 24.3 Å². The van der Waals surface area contributed by atoms with Gasteiger partial charge in [-0.15, -0.1) is 0 Å². The molecule has 0 atom stereocenters. The summed E-state index contributed by atoms with van der Waals surface area (Å²) in [6.07, 6.45) is 6.78. The summed E-state index contributed by atoms with van der Waals surface area (Å²) in [7, 11) is 1.80.